The number of aliphatic imine (C=N–C) groups is 1. The number of rotatable bonds is 7. The molecule has 0 saturated carbocycles. The van der Waals surface area contributed by atoms with Crippen LogP contribution in [0.1, 0.15) is 36.0 Å². The van der Waals surface area contributed by atoms with Crippen LogP contribution in [0, 0.1) is 6.92 Å². The Balaban J connectivity index is 1.80. The van der Waals surface area contributed by atoms with Crippen molar-refractivity contribution in [3.63, 3.8) is 0 Å². The molecule has 0 radical (unpaired) electrons. The summed E-state index contributed by atoms with van der Waals surface area (Å²) in [6.07, 6.45) is 1.94. The van der Waals surface area contributed by atoms with Crippen molar-refractivity contribution in [3.05, 3.63) is 45.9 Å². The Morgan fingerprint density at radius 3 is 2.62 bits per heavy atom. The van der Waals surface area contributed by atoms with E-state index in [9.17, 15) is 0 Å². The van der Waals surface area contributed by atoms with E-state index in [0.29, 0.717) is 0 Å². The van der Waals surface area contributed by atoms with Crippen molar-refractivity contribution < 1.29 is 9.47 Å². The molecule has 1 aliphatic rings. The molecule has 29 heavy (non-hydrogen) atoms. The molecule has 2 heterocycles. The van der Waals surface area contributed by atoms with E-state index in [1.54, 1.807) is 18.4 Å². The molecule has 0 unspecified atom stereocenters. The highest BCUT2D eigenvalue weighted by atomic mass is 32.1. The van der Waals surface area contributed by atoms with Crippen LogP contribution in [0.15, 0.2) is 34.6 Å². The number of hydrogen-bond acceptors (Lipinski definition) is 5. The van der Waals surface area contributed by atoms with Gasteiger partial charge in [-0.15, -0.1) is 11.3 Å². The number of aryl methyl sites for hydroxylation is 1. The van der Waals surface area contributed by atoms with E-state index in [1.165, 1.54) is 5.56 Å². The molecule has 0 bridgehead atoms. The van der Waals surface area contributed by atoms with Gasteiger partial charge in [0.15, 0.2) is 5.96 Å². The molecule has 0 spiro atoms. The maximum absolute atomic E-state index is 5.67. The average molecular weight is 417 g/mol. The van der Waals surface area contributed by atoms with Crippen LogP contribution in [0.2, 0.25) is 0 Å². The summed E-state index contributed by atoms with van der Waals surface area (Å²) in [5.41, 5.74) is 2.37. The molecule has 0 atom stereocenters. The molecule has 158 valence electrons. The first kappa shape index (κ1) is 21.6. The van der Waals surface area contributed by atoms with Gasteiger partial charge in [-0.25, -0.2) is 4.98 Å². The average Bonchev–Trinajstić information content (AvgIpc) is 3.16. The number of nitrogens with zero attached hydrogens (tertiary/aromatic N) is 3. The molecule has 0 amide bonds. The predicted molar refractivity (Wildman–Crippen MR) is 119 cm³/mol. The first-order valence-electron chi connectivity index (χ1n) is 10.2. The SMILES string of the molecule is CCNC(=NCC1(c2ccc(OC)cc2)CCOCC1)N(C)Cc1csc(C)n1. The lowest BCUT2D eigenvalue weighted by Crippen LogP contribution is -2.41. The second-order valence-electron chi connectivity index (χ2n) is 7.51. The Morgan fingerprint density at radius 1 is 1.31 bits per heavy atom. The van der Waals surface area contributed by atoms with Gasteiger partial charge in [-0.2, -0.15) is 0 Å². The summed E-state index contributed by atoms with van der Waals surface area (Å²) in [7, 11) is 3.77. The molecule has 0 aliphatic carbocycles. The summed E-state index contributed by atoms with van der Waals surface area (Å²) < 4.78 is 11.0. The smallest absolute Gasteiger partial charge is 0.194 e. The largest absolute Gasteiger partial charge is 0.497 e. The summed E-state index contributed by atoms with van der Waals surface area (Å²) in [5, 5.41) is 6.65. The second-order valence-corrected chi connectivity index (χ2v) is 8.57. The number of aromatic nitrogens is 1. The van der Waals surface area contributed by atoms with Crippen molar-refractivity contribution in [2.75, 3.05) is 40.5 Å². The number of guanidine groups is 1. The van der Waals surface area contributed by atoms with E-state index in [0.717, 1.165) is 68.1 Å². The molecule has 1 aromatic carbocycles. The van der Waals surface area contributed by atoms with Crippen LogP contribution in [-0.4, -0.2) is 56.3 Å². The normalized spacial score (nSPS) is 16.5. The maximum Gasteiger partial charge on any atom is 0.194 e. The van der Waals surface area contributed by atoms with E-state index in [2.05, 4.69) is 46.7 Å². The minimum absolute atomic E-state index is 0.0107. The Bertz CT molecular complexity index is 797. The zero-order valence-electron chi connectivity index (χ0n) is 17.9. The van der Waals surface area contributed by atoms with Crippen molar-refractivity contribution in [1.82, 2.24) is 15.2 Å². The fourth-order valence-electron chi connectivity index (χ4n) is 3.74. The van der Waals surface area contributed by atoms with Gasteiger partial charge in [-0.05, 0) is 44.4 Å². The first-order chi connectivity index (χ1) is 14.1. The fraction of sp³-hybridized carbons (Fsp3) is 0.545. The van der Waals surface area contributed by atoms with Gasteiger partial charge < -0.3 is 19.7 Å². The molecule has 2 aromatic rings. The number of nitrogens with one attached hydrogen (secondary N) is 1. The third kappa shape index (κ3) is 5.48. The van der Waals surface area contributed by atoms with E-state index in [4.69, 9.17) is 14.5 Å². The molecule has 6 nitrogen and oxygen atoms in total. The van der Waals surface area contributed by atoms with Gasteiger partial charge >= 0.3 is 0 Å². The minimum atomic E-state index is -0.0107. The monoisotopic (exact) mass is 416 g/mol. The van der Waals surface area contributed by atoms with E-state index < -0.39 is 0 Å². The van der Waals surface area contributed by atoms with Gasteiger partial charge in [0.05, 0.1) is 30.9 Å². The van der Waals surface area contributed by atoms with Crippen LogP contribution in [0.25, 0.3) is 0 Å². The number of thiazole rings is 1. The molecule has 1 fully saturated rings. The zero-order chi connectivity index (χ0) is 20.7. The zero-order valence-corrected chi connectivity index (χ0v) is 18.7. The Labute approximate surface area is 178 Å². The second kappa shape index (κ2) is 10.1. The van der Waals surface area contributed by atoms with Gasteiger partial charge in [0.1, 0.15) is 5.75 Å². The van der Waals surface area contributed by atoms with Gasteiger partial charge in [0, 0.05) is 37.6 Å². The van der Waals surface area contributed by atoms with E-state index in [1.807, 2.05) is 19.1 Å². The van der Waals surface area contributed by atoms with Gasteiger partial charge in [0.25, 0.3) is 0 Å². The third-order valence-corrected chi connectivity index (χ3v) is 6.27. The Hall–Kier alpha value is -2.12. The van der Waals surface area contributed by atoms with Gasteiger partial charge in [-0.3, -0.25) is 4.99 Å². The van der Waals surface area contributed by atoms with Crippen molar-refractivity contribution >= 4 is 17.3 Å². The van der Waals surface area contributed by atoms with Crippen LogP contribution in [0.3, 0.4) is 0 Å². The van der Waals surface area contributed by atoms with E-state index >= 15 is 0 Å². The molecule has 1 saturated heterocycles. The molecule has 1 aliphatic heterocycles. The lowest BCUT2D eigenvalue weighted by Gasteiger charge is -2.37. The maximum atomic E-state index is 5.67. The van der Waals surface area contributed by atoms with Crippen LogP contribution < -0.4 is 10.1 Å². The van der Waals surface area contributed by atoms with E-state index in [-0.39, 0.29) is 5.41 Å². The first-order valence-corrected chi connectivity index (χ1v) is 11.1. The van der Waals surface area contributed by atoms with Gasteiger partial charge in [0.2, 0.25) is 0 Å². The molecular formula is C22H32N4O2S. The fourth-order valence-corrected chi connectivity index (χ4v) is 4.34. The summed E-state index contributed by atoms with van der Waals surface area (Å²) >= 11 is 1.68. The summed E-state index contributed by atoms with van der Waals surface area (Å²) in [6, 6.07) is 8.43. The van der Waals surface area contributed by atoms with Crippen LogP contribution in [0.5, 0.6) is 5.75 Å². The van der Waals surface area contributed by atoms with Crippen molar-refractivity contribution in [1.29, 1.82) is 0 Å². The summed E-state index contributed by atoms with van der Waals surface area (Å²) in [6.45, 7) is 7.98. The highest BCUT2D eigenvalue weighted by Crippen LogP contribution is 2.36. The number of ether oxygens (including phenoxy) is 2. The highest BCUT2D eigenvalue weighted by Gasteiger charge is 2.34. The van der Waals surface area contributed by atoms with Crippen LogP contribution in [0.4, 0.5) is 0 Å². The molecular weight excluding hydrogens is 384 g/mol. The molecule has 1 N–H and O–H groups in total. The predicted octanol–water partition coefficient (Wildman–Crippen LogP) is 3.61. The standard InChI is InChI=1S/C22H32N4O2S/c1-5-23-21(26(3)14-19-15-29-17(2)25-19)24-16-22(10-12-28-13-11-22)18-6-8-20(27-4)9-7-18/h6-9,15H,5,10-14,16H2,1-4H3,(H,23,24). The molecule has 1 aromatic heterocycles. The molecule has 3 rings (SSSR count). The lowest BCUT2D eigenvalue weighted by atomic mass is 9.74. The number of benzene rings is 1. The highest BCUT2D eigenvalue weighted by molar-refractivity contribution is 7.09. The minimum Gasteiger partial charge on any atom is -0.497 e. The van der Waals surface area contributed by atoms with Crippen LogP contribution in [-0.2, 0) is 16.7 Å². The number of methoxy groups -OCH3 is 1. The van der Waals surface area contributed by atoms with Crippen molar-refractivity contribution in [3.8, 4) is 5.75 Å². The topological polar surface area (TPSA) is 59.0 Å². The lowest BCUT2D eigenvalue weighted by molar-refractivity contribution is 0.0530. The number of hydrogen-bond donors (Lipinski definition) is 1. The van der Waals surface area contributed by atoms with Gasteiger partial charge in [-0.1, -0.05) is 12.1 Å². The molecule has 7 heteroatoms. The summed E-state index contributed by atoms with van der Waals surface area (Å²) in [4.78, 5) is 11.8. The van der Waals surface area contributed by atoms with Crippen molar-refractivity contribution in [2.45, 2.75) is 38.6 Å². The Kier molecular flexibility index (Phi) is 7.50. The van der Waals surface area contributed by atoms with Crippen LogP contribution >= 0.6 is 11.3 Å². The van der Waals surface area contributed by atoms with Crippen molar-refractivity contribution in [2.24, 2.45) is 4.99 Å². The third-order valence-electron chi connectivity index (χ3n) is 5.45. The Morgan fingerprint density at radius 2 is 2.03 bits per heavy atom. The summed E-state index contributed by atoms with van der Waals surface area (Å²) in [5.74, 6) is 1.80. The quantitative estimate of drug-likeness (QED) is 0.552.